The Morgan fingerprint density at radius 2 is 1.43 bits per heavy atom. The Morgan fingerprint density at radius 1 is 0.783 bits per heavy atom. The van der Waals surface area contributed by atoms with E-state index in [0.29, 0.717) is 0 Å². The van der Waals surface area contributed by atoms with Crippen LogP contribution in [0.25, 0.3) is 0 Å². The smallest absolute Gasteiger partial charge is 0.104 e. The lowest BCUT2D eigenvalue weighted by Gasteiger charge is -2.31. The van der Waals surface area contributed by atoms with E-state index in [1.807, 2.05) is 60.7 Å². The first kappa shape index (κ1) is 15.1. The lowest BCUT2D eigenvalue weighted by atomic mass is 10.1. The van der Waals surface area contributed by atoms with Crippen LogP contribution in [-0.2, 0) is 6.54 Å². The summed E-state index contributed by atoms with van der Waals surface area (Å²) in [6.45, 7) is 0.737. The van der Waals surface area contributed by atoms with Crippen LogP contribution in [0.4, 0.5) is 11.4 Å². The quantitative estimate of drug-likeness (QED) is 0.554. The van der Waals surface area contributed by atoms with E-state index in [1.165, 1.54) is 5.56 Å². The summed E-state index contributed by atoms with van der Waals surface area (Å²) in [5, 5.41) is 0. The Bertz CT molecular complexity index is 741. The Balaban J connectivity index is 1.94. The minimum absolute atomic E-state index is 0.263. The summed E-state index contributed by atoms with van der Waals surface area (Å²) in [5.41, 5.74) is 16.5. The Morgan fingerprint density at radius 3 is 2.09 bits per heavy atom. The molecule has 0 fully saturated rings. The number of para-hydroxylation sites is 1. The third-order valence-corrected chi connectivity index (χ3v) is 3.87. The number of nitrogens with zero attached hydrogens (tertiary/aromatic N) is 1. The predicted molar refractivity (Wildman–Crippen MR) is 96.8 cm³/mol. The van der Waals surface area contributed by atoms with Crippen LogP contribution in [0.1, 0.15) is 17.3 Å². The van der Waals surface area contributed by atoms with E-state index in [0.717, 1.165) is 23.5 Å². The van der Waals surface area contributed by atoms with Crippen molar-refractivity contribution in [3.05, 3.63) is 96.1 Å². The van der Waals surface area contributed by atoms with Gasteiger partial charge in [-0.2, -0.15) is 0 Å². The van der Waals surface area contributed by atoms with E-state index in [-0.39, 0.29) is 6.17 Å². The van der Waals surface area contributed by atoms with Gasteiger partial charge in [-0.05, 0) is 35.4 Å². The van der Waals surface area contributed by atoms with E-state index >= 15 is 0 Å². The zero-order valence-corrected chi connectivity index (χ0v) is 13.0. The molecule has 0 amide bonds. The summed E-state index contributed by atoms with van der Waals surface area (Å²) in [5.74, 6) is 0. The molecule has 116 valence electrons. The average molecular weight is 303 g/mol. The average Bonchev–Trinajstić information content (AvgIpc) is 2.61. The molecule has 3 rings (SSSR count). The fourth-order valence-corrected chi connectivity index (χ4v) is 2.67. The number of hydrogen-bond donors (Lipinski definition) is 2. The maximum absolute atomic E-state index is 6.56. The van der Waals surface area contributed by atoms with Crippen molar-refractivity contribution < 1.29 is 0 Å². The van der Waals surface area contributed by atoms with E-state index in [1.54, 1.807) is 0 Å². The van der Waals surface area contributed by atoms with Gasteiger partial charge >= 0.3 is 0 Å². The Labute approximate surface area is 137 Å². The molecule has 3 heteroatoms. The molecule has 0 spiro atoms. The van der Waals surface area contributed by atoms with Gasteiger partial charge in [0.2, 0.25) is 0 Å². The minimum Gasteiger partial charge on any atom is -0.399 e. The summed E-state index contributed by atoms with van der Waals surface area (Å²) < 4.78 is 0. The van der Waals surface area contributed by atoms with Crippen molar-refractivity contribution >= 4 is 11.4 Å². The highest BCUT2D eigenvalue weighted by Gasteiger charge is 2.17. The third kappa shape index (κ3) is 3.71. The summed E-state index contributed by atoms with van der Waals surface area (Å²) >= 11 is 0. The van der Waals surface area contributed by atoms with Crippen LogP contribution < -0.4 is 16.4 Å². The summed E-state index contributed by atoms with van der Waals surface area (Å²) in [4.78, 5) is 2.18. The van der Waals surface area contributed by atoms with Crippen LogP contribution >= 0.6 is 0 Å². The third-order valence-electron chi connectivity index (χ3n) is 3.87. The van der Waals surface area contributed by atoms with Crippen LogP contribution in [0, 0.1) is 0 Å². The Hall–Kier alpha value is -2.78. The van der Waals surface area contributed by atoms with Gasteiger partial charge in [0.05, 0.1) is 0 Å². The van der Waals surface area contributed by atoms with Crippen molar-refractivity contribution in [3.63, 3.8) is 0 Å². The van der Waals surface area contributed by atoms with Gasteiger partial charge in [-0.15, -0.1) is 0 Å². The molecule has 3 aromatic carbocycles. The maximum atomic E-state index is 6.56. The normalized spacial score (nSPS) is 11.9. The molecule has 1 atom stereocenters. The van der Waals surface area contributed by atoms with Gasteiger partial charge in [0.25, 0.3) is 0 Å². The van der Waals surface area contributed by atoms with Crippen molar-refractivity contribution in [3.8, 4) is 0 Å². The predicted octanol–water partition coefficient (Wildman–Crippen LogP) is 3.93. The second-order valence-electron chi connectivity index (χ2n) is 5.56. The molecule has 0 aromatic heterocycles. The molecule has 0 unspecified atom stereocenters. The maximum Gasteiger partial charge on any atom is 0.104 e. The van der Waals surface area contributed by atoms with Crippen molar-refractivity contribution in [1.82, 2.24) is 0 Å². The van der Waals surface area contributed by atoms with Crippen molar-refractivity contribution in [1.29, 1.82) is 0 Å². The molecule has 0 saturated heterocycles. The van der Waals surface area contributed by atoms with Gasteiger partial charge in [0.15, 0.2) is 0 Å². The van der Waals surface area contributed by atoms with Crippen molar-refractivity contribution in [2.75, 3.05) is 10.6 Å². The molecule has 0 radical (unpaired) electrons. The SMILES string of the molecule is Nc1cccc([C@@H](N)N(Cc2ccccc2)c2ccccc2)c1. The summed E-state index contributed by atoms with van der Waals surface area (Å²) in [6, 6.07) is 28.3. The molecule has 0 aliphatic heterocycles. The molecular weight excluding hydrogens is 282 g/mol. The highest BCUT2D eigenvalue weighted by molar-refractivity contribution is 5.51. The number of nitrogen functional groups attached to an aromatic ring is 1. The highest BCUT2D eigenvalue weighted by Crippen LogP contribution is 2.26. The number of rotatable bonds is 5. The molecule has 0 aliphatic carbocycles. The van der Waals surface area contributed by atoms with Crippen molar-refractivity contribution in [2.24, 2.45) is 5.73 Å². The van der Waals surface area contributed by atoms with Gasteiger partial charge in [-0.3, -0.25) is 0 Å². The largest absolute Gasteiger partial charge is 0.399 e. The molecule has 0 bridgehead atoms. The first-order chi connectivity index (χ1) is 11.2. The molecule has 3 nitrogen and oxygen atoms in total. The van der Waals surface area contributed by atoms with E-state index in [2.05, 4.69) is 29.2 Å². The highest BCUT2D eigenvalue weighted by atomic mass is 15.2. The lowest BCUT2D eigenvalue weighted by Crippen LogP contribution is -2.34. The van der Waals surface area contributed by atoms with Crippen LogP contribution in [0.3, 0.4) is 0 Å². The summed E-state index contributed by atoms with van der Waals surface area (Å²) in [7, 11) is 0. The monoisotopic (exact) mass is 303 g/mol. The van der Waals surface area contributed by atoms with Crippen LogP contribution in [-0.4, -0.2) is 0 Å². The van der Waals surface area contributed by atoms with E-state index in [4.69, 9.17) is 11.5 Å². The van der Waals surface area contributed by atoms with Gasteiger partial charge in [-0.1, -0.05) is 60.7 Å². The van der Waals surface area contributed by atoms with Gasteiger partial charge in [0, 0.05) is 17.9 Å². The van der Waals surface area contributed by atoms with Crippen LogP contribution in [0.15, 0.2) is 84.9 Å². The zero-order chi connectivity index (χ0) is 16.1. The topological polar surface area (TPSA) is 55.3 Å². The second-order valence-corrected chi connectivity index (χ2v) is 5.56. The number of hydrogen-bond acceptors (Lipinski definition) is 3. The van der Waals surface area contributed by atoms with Gasteiger partial charge < -0.3 is 16.4 Å². The zero-order valence-electron chi connectivity index (χ0n) is 13.0. The van der Waals surface area contributed by atoms with Crippen LogP contribution in [0.2, 0.25) is 0 Å². The van der Waals surface area contributed by atoms with E-state index < -0.39 is 0 Å². The van der Waals surface area contributed by atoms with Gasteiger partial charge in [0.1, 0.15) is 6.17 Å². The standard InChI is InChI=1S/C20H21N3/c21-18-11-7-10-17(14-18)20(22)23(19-12-5-2-6-13-19)15-16-8-3-1-4-9-16/h1-14,20H,15,21-22H2/t20-/m0/s1. The number of benzene rings is 3. The van der Waals surface area contributed by atoms with Crippen LogP contribution in [0.5, 0.6) is 0 Å². The molecule has 4 N–H and O–H groups in total. The molecule has 3 aromatic rings. The lowest BCUT2D eigenvalue weighted by molar-refractivity contribution is 0.643. The first-order valence-corrected chi connectivity index (χ1v) is 7.71. The first-order valence-electron chi connectivity index (χ1n) is 7.71. The number of anilines is 2. The molecular formula is C20H21N3. The number of nitrogens with two attached hydrogens (primary N) is 2. The minimum atomic E-state index is -0.263. The molecule has 0 saturated carbocycles. The second kappa shape index (κ2) is 6.99. The fourth-order valence-electron chi connectivity index (χ4n) is 2.67. The summed E-state index contributed by atoms with van der Waals surface area (Å²) in [6.07, 6.45) is -0.263. The Kier molecular flexibility index (Phi) is 4.60. The molecule has 23 heavy (non-hydrogen) atoms. The molecule has 0 heterocycles. The van der Waals surface area contributed by atoms with Gasteiger partial charge in [-0.25, -0.2) is 0 Å². The van der Waals surface area contributed by atoms with Crippen molar-refractivity contribution in [2.45, 2.75) is 12.7 Å². The van der Waals surface area contributed by atoms with E-state index in [9.17, 15) is 0 Å². The fraction of sp³-hybridized carbons (Fsp3) is 0.100. The molecule has 0 aliphatic rings.